The third kappa shape index (κ3) is 5.92. The molecule has 0 saturated heterocycles. The highest BCUT2D eigenvalue weighted by molar-refractivity contribution is 6.04. The molecule has 3 aromatic carbocycles. The van der Waals surface area contributed by atoms with Crippen LogP contribution in [0.4, 0.5) is 28.0 Å². The number of nitrogens with zero attached hydrogens (tertiary/aromatic N) is 2. The first-order chi connectivity index (χ1) is 18.6. The van der Waals surface area contributed by atoms with Crippen LogP contribution in [-0.4, -0.2) is 26.8 Å². The summed E-state index contributed by atoms with van der Waals surface area (Å²) in [4.78, 5) is 25.6. The molecule has 1 aliphatic rings. The molecule has 1 aromatic heterocycles. The normalized spacial score (nSPS) is 13.2. The van der Waals surface area contributed by atoms with Crippen molar-refractivity contribution >= 4 is 17.6 Å². The monoisotopic (exact) mass is 538 g/mol. The fourth-order valence-electron chi connectivity index (χ4n) is 4.12. The number of hydrogen-bond acceptors (Lipinski definition) is 4. The Hall–Kier alpha value is -4.67. The molecule has 1 heterocycles. The number of anilines is 1. The maximum atomic E-state index is 13.5. The number of hydrogen-bond donors (Lipinski definition) is 3. The Balaban J connectivity index is 1.38. The van der Waals surface area contributed by atoms with Gasteiger partial charge in [-0.2, -0.15) is 23.0 Å². The first-order valence-corrected chi connectivity index (χ1v) is 12.0. The first kappa shape index (κ1) is 26.0. The molecule has 3 N–H and O–H groups in total. The van der Waals surface area contributed by atoms with E-state index in [4.69, 9.17) is 0 Å². The van der Waals surface area contributed by atoms with Crippen molar-refractivity contribution in [2.24, 2.45) is 0 Å². The van der Waals surface area contributed by atoms with Gasteiger partial charge in [0.05, 0.1) is 17.0 Å². The van der Waals surface area contributed by atoms with Crippen molar-refractivity contribution in [3.8, 4) is 17.0 Å². The van der Waals surface area contributed by atoms with Crippen LogP contribution in [0.25, 0.3) is 11.3 Å². The Bertz CT molecular complexity index is 1560. The average molecular weight is 539 g/mol. The lowest BCUT2D eigenvalue weighted by atomic mass is 10.1. The van der Waals surface area contributed by atoms with Crippen LogP contribution in [-0.2, 0) is 12.7 Å². The molecular weight excluding hydrogens is 516 g/mol. The summed E-state index contributed by atoms with van der Waals surface area (Å²) < 4.78 is 53.8. The number of carbonyl (C=O) groups excluding carboxylic acids is 2. The smallest absolute Gasteiger partial charge is 0.416 e. The summed E-state index contributed by atoms with van der Waals surface area (Å²) in [5, 5.41) is 20.1. The minimum absolute atomic E-state index is 0.0815. The second kappa shape index (κ2) is 10.2. The van der Waals surface area contributed by atoms with E-state index < -0.39 is 29.5 Å². The highest BCUT2D eigenvalue weighted by Crippen LogP contribution is 2.42. The van der Waals surface area contributed by atoms with Gasteiger partial charge in [-0.25, -0.2) is 9.18 Å². The van der Waals surface area contributed by atoms with E-state index in [1.807, 2.05) is 0 Å². The van der Waals surface area contributed by atoms with E-state index in [-0.39, 0.29) is 40.7 Å². The van der Waals surface area contributed by atoms with Gasteiger partial charge in [-0.15, -0.1) is 0 Å². The van der Waals surface area contributed by atoms with Crippen LogP contribution in [0, 0.1) is 5.82 Å². The van der Waals surface area contributed by atoms with E-state index in [1.165, 1.54) is 41.1 Å². The van der Waals surface area contributed by atoms with Crippen LogP contribution >= 0.6 is 0 Å². The van der Waals surface area contributed by atoms with E-state index in [0.717, 1.165) is 31.0 Å². The van der Waals surface area contributed by atoms with E-state index >= 15 is 0 Å². The molecule has 1 saturated carbocycles. The average Bonchev–Trinajstić information content (AvgIpc) is 3.66. The Kier molecular flexibility index (Phi) is 6.81. The van der Waals surface area contributed by atoms with E-state index in [1.54, 1.807) is 18.2 Å². The van der Waals surface area contributed by atoms with Gasteiger partial charge in [0, 0.05) is 29.3 Å². The van der Waals surface area contributed by atoms with Crippen LogP contribution < -0.4 is 10.6 Å². The largest absolute Gasteiger partial charge is 0.507 e. The van der Waals surface area contributed by atoms with Crippen molar-refractivity contribution in [1.29, 1.82) is 0 Å². The van der Waals surface area contributed by atoms with Gasteiger partial charge in [0.15, 0.2) is 0 Å². The number of aromatic nitrogens is 2. The van der Waals surface area contributed by atoms with E-state index in [9.17, 15) is 32.3 Å². The van der Waals surface area contributed by atoms with Crippen molar-refractivity contribution in [1.82, 2.24) is 15.1 Å². The summed E-state index contributed by atoms with van der Waals surface area (Å²) in [7, 11) is 0. The molecule has 0 spiro atoms. The molecule has 2 amide bonds. The number of aromatic hydroxyl groups is 1. The minimum atomic E-state index is -4.59. The molecular formula is C28H22F4N4O3. The summed E-state index contributed by atoms with van der Waals surface area (Å²) in [6.07, 6.45) is -2.87. The summed E-state index contributed by atoms with van der Waals surface area (Å²) in [6, 6.07) is 15.2. The minimum Gasteiger partial charge on any atom is -0.507 e. The van der Waals surface area contributed by atoms with Crippen molar-refractivity contribution in [3.63, 3.8) is 0 Å². The first-order valence-electron chi connectivity index (χ1n) is 12.0. The third-order valence-corrected chi connectivity index (χ3v) is 6.24. The molecule has 0 unspecified atom stereocenters. The zero-order valence-corrected chi connectivity index (χ0v) is 20.3. The predicted molar refractivity (Wildman–Crippen MR) is 135 cm³/mol. The zero-order valence-electron chi connectivity index (χ0n) is 20.3. The van der Waals surface area contributed by atoms with Crippen LogP contribution in [0.3, 0.4) is 0 Å². The number of halogens is 4. The molecule has 39 heavy (non-hydrogen) atoms. The van der Waals surface area contributed by atoms with Crippen molar-refractivity contribution in [2.75, 3.05) is 5.32 Å². The van der Waals surface area contributed by atoms with Gasteiger partial charge < -0.3 is 15.7 Å². The lowest BCUT2D eigenvalue weighted by molar-refractivity contribution is -0.137. The standard InChI is InChI=1S/C28H22F4N4O3/c29-20-6-1-3-16(11-20)15-33-27(39)36-24(17-7-8-17)14-23(35-36)22-13-21(9-10-25(22)37)34-26(38)18-4-2-5-19(12-18)28(30,31)32/h1-6,9-14,17,37H,7-8,15H2,(H,33,39)(H,34,38). The van der Waals surface area contributed by atoms with Gasteiger partial charge in [0.25, 0.3) is 5.91 Å². The highest BCUT2D eigenvalue weighted by atomic mass is 19.4. The predicted octanol–water partition coefficient (Wildman–Crippen LogP) is 6.30. The third-order valence-electron chi connectivity index (χ3n) is 6.24. The molecule has 200 valence electrons. The molecule has 1 fully saturated rings. The summed E-state index contributed by atoms with van der Waals surface area (Å²) in [5.74, 6) is -1.24. The summed E-state index contributed by atoms with van der Waals surface area (Å²) >= 11 is 0. The van der Waals surface area contributed by atoms with Gasteiger partial charge in [-0.3, -0.25) is 4.79 Å². The van der Waals surface area contributed by atoms with Crippen molar-refractivity contribution < 1.29 is 32.3 Å². The topological polar surface area (TPSA) is 96.2 Å². The molecule has 7 nitrogen and oxygen atoms in total. The Morgan fingerprint density at radius 3 is 2.49 bits per heavy atom. The maximum Gasteiger partial charge on any atom is 0.416 e. The van der Waals surface area contributed by atoms with Gasteiger partial charge in [0.1, 0.15) is 11.6 Å². The number of alkyl halides is 3. The lowest BCUT2D eigenvalue weighted by Gasteiger charge is -2.10. The fraction of sp³-hybridized carbons (Fsp3) is 0.179. The van der Waals surface area contributed by atoms with Crippen LogP contribution in [0.15, 0.2) is 72.8 Å². The van der Waals surface area contributed by atoms with Gasteiger partial charge in [0.2, 0.25) is 0 Å². The van der Waals surface area contributed by atoms with Gasteiger partial charge >= 0.3 is 12.2 Å². The lowest BCUT2D eigenvalue weighted by Crippen LogP contribution is -2.30. The van der Waals surface area contributed by atoms with Crippen LogP contribution in [0.5, 0.6) is 5.75 Å². The molecule has 0 aliphatic heterocycles. The molecule has 4 aromatic rings. The van der Waals surface area contributed by atoms with Gasteiger partial charge in [-0.1, -0.05) is 18.2 Å². The fourth-order valence-corrected chi connectivity index (χ4v) is 4.12. The van der Waals surface area contributed by atoms with Crippen molar-refractivity contribution in [3.05, 3.63) is 101 Å². The molecule has 0 bridgehead atoms. The number of phenolic OH excluding ortho intramolecular Hbond substituents is 1. The van der Waals surface area contributed by atoms with E-state index in [0.29, 0.717) is 11.3 Å². The molecule has 11 heteroatoms. The molecule has 0 atom stereocenters. The SMILES string of the molecule is O=C(Nc1ccc(O)c(-c2cc(C3CC3)n(C(=O)NCc3cccc(F)c3)n2)c1)c1cccc(C(F)(F)F)c1. The molecule has 1 aliphatic carbocycles. The summed E-state index contributed by atoms with van der Waals surface area (Å²) in [6.45, 7) is 0.0815. The Labute approximate surface area is 220 Å². The van der Waals surface area contributed by atoms with E-state index in [2.05, 4.69) is 15.7 Å². The second-order valence-electron chi connectivity index (χ2n) is 9.19. The maximum absolute atomic E-state index is 13.5. The highest BCUT2D eigenvalue weighted by Gasteiger charge is 2.32. The number of carbonyl (C=O) groups is 2. The van der Waals surface area contributed by atoms with Gasteiger partial charge in [-0.05, 0) is 73.0 Å². The number of phenols is 1. The number of nitrogens with one attached hydrogen (secondary N) is 2. The molecule has 0 radical (unpaired) electrons. The Morgan fingerprint density at radius 2 is 1.77 bits per heavy atom. The molecule has 5 rings (SSSR count). The number of rotatable bonds is 6. The van der Waals surface area contributed by atoms with Crippen LogP contribution in [0.2, 0.25) is 0 Å². The summed E-state index contributed by atoms with van der Waals surface area (Å²) in [5.41, 5.74) is 0.777. The van der Waals surface area contributed by atoms with Crippen molar-refractivity contribution in [2.45, 2.75) is 31.5 Å². The Morgan fingerprint density at radius 1 is 1.00 bits per heavy atom. The quantitative estimate of drug-likeness (QED) is 0.198. The van der Waals surface area contributed by atoms with Crippen LogP contribution in [0.1, 0.15) is 45.9 Å². The zero-order chi connectivity index (χ0) is 27.7. The number of amides is 2. The number of benzene rings is 3. The second-order valence-corrected chi connectivity index (χ2v) is 9.19.